The summed E-state index contributed by atoms with van der Waals surface area (Å²) in [5.74, 6) is 0.133. The van der Waals surface area contributed by atoms with E-state index in [1.807, 2.05) is 45.9 Å². The number of anilines is 1. The van der Waals surface area contributed by atoms with E-state index in [-0.39, 0.29) is 16.8 Å². The number of benzene rings is 2. The molecule has 0 saturated carbocycles. The topological polar surface area (TPSA) is 67.9 Å². The van der Waals surface area contributed by atoms with Gasteiger partial charge in [0.15, 0.2) is 16.6 Å². The molecule has 1 aliphatic rings. The fraction of sp³-hybridized carbons (Fsp3) is 0.292. The van der Waals surface area contributed by atoms with Gasteiger partial charge in [0.05, 0.1) is 18.9 Å². The maximum absolute atomic E-state index is 13.3. The number of aryl methyl sites for hydroxylation is 1. The molecule has 0 aliphatic carbocycles. The Morgan fingerprint density at radius 3 is 2.58 bits per heavy atom. The summed E-state index contributed by atoms with van der Waals surface area (Å²) in [7, 11) is 1.55. The molecule has 1 heterocycles. The van der Waals surface area contributed by atoms with E-state index in [1.54, 1.807) is 25.3 Å². The first-order valence-electron chi connectivity index (χ1n) is 10.1. The fourth-order valence-corrected chi connectivity index (χ4v) is 3.47. The number of thiocarbonyl (C=S) groups is 1. The van der Waals surface area contributed by atoms with Gasteiger partial charge in [0.25, 0.3) is 11.8 Å². The zero-order chi connectivity index (χ0) is 22.7. The molecule has 0 bridgehead atoms. The van der Waals surface area contributed by atoms with Crippen LogP contribution in [-0.4, -0.2) is 30.1 Å². The van der Waals surface area contributed by atoms with E-state index in [0.29, 0.717) is 22.7 Å². The first-order valence-corrected chi connectivity index (χ1v) is 10.5. The average Bonchev–Trinajstić information content (AvgIpc) is 2.74. The van der Waals surface area contributed by atoms with Crippen LogP contribution in [-0.2, 0) is 9.59 Å². The summed E-state index contributed by atoms with van der Waals surface area (Å²) < 4.78 is 11.3. The zero-order valence-electron chi connectivity index (χ0n) is 18.3. The van der Waals surface area contributed by atoms with Gasteiger partial charge in [0, 0.05) is 0 Å². The monoisotopic (exact) mass is 438 g/mol. The molecule has 0 spiro atoms. The van der Waals surface area contributed by atoms with Gasteiger partial charge < -0.3 is 9.47 Å². The van der Waals surface area contributed by atoms with Crippen LogP contribution in [0.5, 0.6) is 11.5 Å². The number of hydrogen-bond donors (Lipinski definition) is 1. The van der Waals surface area contributed by atoms with E-state index in [9.17, 15) is 9.59 Å². The highest BCUT2D eigenvalue weighted by Crippen LogP contribution is 2.31. The summed E-state index contributed by atoms with van der Waals surface area (Å²) >= 11 is 5.30. The molecule has 2 aromatic carbocycles. The average molecular weight is 439 g/mol. The number of methoxy groups -OCH3 is 1. The highest BCUT2D eigenvalue weighted by atomic mass is 32.1. The highest BCUT2D eigenvalue weighted by molar-refractivity contribution is 7.80. The maximum atomic E-state index is 13.3. The van der Waals surface area contributed by atoms with Crippen molar-refractivity contribution in [1.82, 2.24) is 5.32 Å². The predicted octanol–water partition coefficient (Wildman–Crippen LogP) is 4.32. The van der Waals surface area contributed by atoms with Gasteiger partial charge in [0.1, 0.15) is 5.57 Å². The van der Waals surface area contributed by atoms with Crippen LogP contribution in [0.2, 0.25) is 0 Å². The van der Waals surface area contributed by atoms with Crippen molar-refractivity contribution in [2.75, 3.05) is 12.0 Å². The first-order chi connectivity index (χ1) is 14.8. The molecule has 1 fully saturated rings. The van der Waals surface area contributed by atoms with Crippen LogP contribution in [0.3, 0.4) is 0 Å². The van der Waals surface area contributed by atoms with Crippen LogP contribution in [0.15, 0.2) is 42.0 Å². The molecule has 31 heavy (non-hydrogen) atoms. The predicted molar refractivity (Wildman–Crippen MR) is 125 cm³/mol. The van der Waals surface area contributed by atoms with Crippen LogP contribution in [0.25, 0.3) is 6.08 Å². The standard InChI is InChI=1S/C24H26N2O4S/c1-6-15(3)30-20-11-10-17(13-21(20)29-5)12-18-22(27)25-24(31)26(23(18)28)19-9-7-8-14(2)16(19)4/h7-13,15H,6H2,1-5H3,(H,25,27,31)/b18-12+/t15-/m1/s1. The molecule has 1 saturated heterocycles. The van der Waals surface area contributed by atoms with Crippen molar-refractivity contribution in [3.05, 3.63) is 58.7 Å². The summed E-state index contributed by atoms with van der Waals surface area (Å²) in [5, 5.41) is 2.69. The maximum Gasteiger partial charge on any atom is 0.270 e. The Balaban J connectivity index is 1.99. The van der Waals surface area contributed by atoms with Gasteiger partial charge in [-0.3, -0.25) is 19.8 Å². The number of hydrogen-bond acceptors (Lipinski definition) is 5. The number of carbonyl (C=O) groups excluding carboxylic acids is 2. The summed E-state index contributed by atoms with van der Waals surface area (Å²) in [4.78, 5) is 27.2. The molecular formula is C24H26N2O4S. The lowest BCUT2D eigenvalue weighted by atomic mass is 10.0. The largest absolute Gasteiger partial charge is 0.493 e. The van der Waals surface area contributed by atoms with Crippen molar-refractivity contribution >= 4 is 40.9 Å². The number of amides is 2. The minimum absolute atomic E-state index is 0.00727. The third kappa shape index (κ3) is 4.61. The molecule has 6 nitrogen and oxygen atoms in total. The second kappa shape index (κ2) is 9.31. The van der Waals surface area contributed by atoms with E-state index >= 15 is 0 Å². The molecule has 1 aliphatic heterocycles. The van der Waals surface area contributed by atoms with Crippen molar-refractivity contribution in [3.8, 4) is 11.5 Å². The van der Waals surface area contributed by atoms with Crippen LogP contribution in [0.1, 0.15) is 37.0 Å². The Hall–Kier alpha value is -3.19. The van der Waals surface area contributed by atoms with E-state index in [2.05, 4.69) is 5.32 Å². The first kappa shape index (κ1) is 22.5. The van der Waals surface area contributed by atoms with Crippen molar-refractivity contribution in [2.45, 2.75) is 40.2 Å². The molecule has 1 N–H and O–H groups in total. The van der Waals surface area contributed by atoms with Crippen molar-refractivity contribution in [3.63, 3.8) is 0 Å². The second-order valence-electron chi connectivity index (χ2n) is 7.42. The Labute approximate surface area is 187 Å². The van der Waals surface area contributed by atoms with Crippen LogP contribution in [0, 0.1) is 13.8 Å². The van der Waals surface area contributed by atoms with Crippen molar-refractivity contribution in [2.24, 2.45) is 0 Å². The lowest BCUT2D eigenvalue weighted by Gasteiger charge is -2.30. The quantitative estimate of drug-likeness (QED) is 0.413. The van der Waals surface area contributed by atoms with Gasteiger partial charge in [-0.15, -0.1) is 0 Å². The lowest BCUT2D eigenvalue weighted by Crippen LogP contribution is -2.54. The molecule has 2 amide bonds. The number of carbonyl (C=O) groups is 2. The zero-order valence-corrected chi connectivity index (χ0v) is 19.1. The van der Waals surface area contributed by atoms with E-state index in [4.69, 9.17) is 21.7 Å². The molecule has 0 aromatic heterocycles. The number of nitrogens with zero attached hydrogens (tertiary/aromatic N) is 1. The molecular weight excluding hydrogens is 412 g/mol. The molecule has 3 rings (SSSR count). The minimum atomic E-state index is -0.532. The molecule has 1 atom stereocenters. The second-order valence-corrected chi connectivity index (χ2v) is 7.81. The highest BCUT2D eigenvalue weighted by Gasteiger charge is 2.35. The third-order valence-corrected chi connectivity index (χ3v) is 5.61. The smallest absolute Gasteiger partial charge is 0.270 e. The van der Waals surface area contributed by atoms with Gasteiger partial charge in [-0.1, -0.05) is 25.1 Å². The molecule has 162 valence electrons. The van der Waals surface area contributed by atoms with Crippen LogP contribution < -0.4 is 19.7 Å². The van der Waals surface area contributed by atoms with Crippen molar-refractivity contribution in [1.29, 1.82) is 0 Å². The molecule has 2 aromatic rings. The van der Waals surface area contributed by atoms with E-state index in [0.717, 1.165) is 17.5 Å². The van der Waals surface area contributed by atoms with Gasteiger partial charge in [0.2, 0.25) is 0 Å². The number of ether oxygens (including phenoxy) is 2. The lowest BCUT2D eigenvalue weighted by molar-refractivity contribution is -0.122. The normalized spacial score (nSPS) is 16.4. The van der Waals surface area contributed by atoms with E-state index < -0.39 is 11.8 Å². The third-order valence-electron chi connectivity index (χ3n) is 5.32. The SMILES string of the molecule is CC[C@@H](C)Oc1ccc(/C=C2\C(=O)NC(=S)N(c3cccc(C)c3C)C2=O)cc1OC. The Bertz CT molecular complexity index is 1080. The summed E-state index contributed by atoms with van der Waals surface area (Å²) in [6.45, 7) is 7.89. The van der Waals surface area contributed by atoms with Crippen LogP contribution in [0.4, 0.5) is 5.69 Å². The Morgan fingerprint density at radius 1 is 1.16 bits per heavy atom. The summed E-state index contributed by atoms with van der Waals surface area (Å²) in [5.41, 5.74) is 3.22. The van der Waals surface area contributed by atoms with E-state index in [1.165, 1.54) is 11.0 Å². The van der Waals surface area contributed by atoms with Crippen molar-refractivity contribution < 1.29 is 19.1 Å². The molecule has 0 unspecified atom stereocenters. The Morgan fingerprint density at radius 2 is 1.90 bits per heavy atom. The van der Waals surface area contributed by atoms with Gasteiger partial charge in [-0.2, -0.15) is 0 Å². The Kier molecular flexibility index (Phi) is 6.75. The van der Waals surface area contributed by atoms with Crippen LogP contribution >= 0.6 is 12.2 Å². The summed E-state index contributed by atoms with van der Waals surface area (Å²) in [6, 6.07) is 10.9. The number of rotatable bonds is 6. The van der Waals surface area contributed by atoms with Gasteiger partial charge in [-0.25, -0.2) is 0 Å². The van der Waals surface area contributed by atoms with Gasteiger partial charge in [-0.05, 0) is 80.4 Å². The minimum Gasteiger partial charge on any atom is -0.493 e. The number of nitrogens with one attached hydrogen (secondary N) is 1. The summed E-state index contributed by atoms with van der Waals surface area (Å²) in [6.07, 6.45) is 2.43. The fourth-order valence-electron chi connectivity index (χ4n) is 3.19. The van der Waals surface area contributed by atoms with Gasteiger partial charge >= 0.3 is 0 Å². The molecule has 0 radical (unpaired) electrons. The molecule has 7 heteroatoms.